The molecular formula is C26H48N2O14. The molecule has 0 aromatic carbocycles. The van der Waals surface area contributed by atoms with Crippen molar-refractivity contribution in [3.63, 3.8) is 0 Å². The molecule has 42 heavy (non-hydrogen) atoms. The zero-order chi connectivity index (χ0) is 31.5. The van der Waals surface area contributed by atoms with Crippen LogP contribution < -0.4 is 11.1 Å². The zero-order valence-electron chi connectivity index (χ0n) is 24.6. The number of hydrogen-bond acceptors (Lipinski definition) is 15. The minimum Gasteiger partial charge on any atom is -0.390 e. The van der Waals surface area contributed by atoms with E-state index in [1.165, 1.54) is 27.7 Å². The van der Waals surface area contributed by atoms with Gasteiger partial charge in [0.1, 0.15) is 48.8 Å². The number of hydrogen-bond donors (Lipinski definition) is 9. The zero-order valence-corrected chi connectivity index (χ0v) is 24.6. The Morgan fingerprint density at radius 1 is 0.762 bits per heavy atom. The first-order valence-corrected chi connectivity index (χ1v) is 14.2. The summed E-state index contributed by atoms with van der Waals surface area (Å²) in [6.45, 7) is 8.00. The lowest BCUT2D eigenvalue weighted by molar-refractivity contribution is -0.372. The number of amides is 1. The molecule has 0 unspecified atom stereocenters. The van der Waals surface area contributed by atoms with Crippen LogP contribution in [0.15, 0.2) is 0 Å². The van der Waals surface area contributed by atoms with Crippen molar-refractivity contribution in [3.05, 3.63) is 0 Å². The average Bonchev–Trinajstić information content (AvgIpc) is 2.90. The predicted octanol–water partition coefficient (Wildman–Crippen LogP) is -3.83. The summed E-state index contributed by atoms with van der Waals surface area (Å²) in [6, 6.07) is -1.05. The lowest BCUT2D eigenvalue weighted by Gasteiger charge is -2.48. The monoisotopic (exact) mass is 612 g/mol. The van der Waals surface area contributed by atoms with E-state index in [1.807, 2.05) is 0 Å². The summed E-state index contributed by atoms with van der Waals surface area (Å²) < 4.78 is 34.0. The van der Waals surface area contributed by atoms with Crippen LogP contribution in [0, 0.1) is 0 Å². The number of nitrogens with one attached hydrogen (secondary N) is 1. The second-order valence-corrected chi connectivity index (χ2v) is 11.9. The second-order valence-electron chi connectivity index (χ2n) is 11.9. The molecule has 246 valence electrons. The van der Waals surface area contributed by atoms with Crippen LogP contribution in [0.5, 0.6) is 0 Å². The van der Waals surface area contributed by atoms with Crippen molar-refractivity contribution < 1.29 is 69.0 Å². The Bertz CT molecular complexity index is 863. The fraction of sp³-hybridized carbons (Fsp3) is 0.962. The van der Waals surface area contributed by atoms with E-state index in [4.69, 9.17) is 34.2 Å². The summed E-state index contributed by atoms with van der Waals surface area (Å²) in [6.07, 6.45) is -18.7. The van der Waals surface area contributed by atoms with Gasteiger partial charge in [-0.05, 0) is 47.6 Å². The maximum Gasteiger partial charge on any atom is 0.223 e. The van der Waals surface area contributed by atoms with Gasteiger partial charge >= 0.3 is 0 Å². The molecule has 15 atom stereocenters. The molecular weight excluding hydrogens is 564 g/mol. The third kappa shape index (κ3) is 8.54. The van der Waals surface area contributed by atoms with E-state index in [0.29, 0.717) is 13.0 Å². The van der Waals surface area contributed by atoms with Crippen LogP contribution in [0.1, 0.15) is 47.5 Å². The number of carbonyl (C=O) groups is 1. The molecule has 3 saturated heterocycles. The van der Waals surface area contributed by atoms with Gasteiger partial charge in [0.15, 0.2) is 18.9 Å². The Balaban J connectivity index is 1.68. The van der Waals surface area contributed by atoms with E-state index < -0.39 is 104 Å². The van der Waals surface area contributed by atoms with Gasteiger partial charge in [0, 0.05) is 0 Å². The lowest BCUT2D eigenvalue weighted by atomic mass is 9.95. The fourth-order valence-corrected chi connectivity index (χ4v) is 5.13. The van der Waals surface area contributed by atoms with E-state index in [1.54, 1.807) is 6.92 Å². The minimum atomic E-state index is -1.71. The molecule has 0 spiro atoms. The van der Waals surface area contributed by atoms with Gasteiger partial charge in [-0.2, -0.15) is 0 Å². The number of nitrogens with two attached hydrogens (primary N) is 1. The molecule has 0 aromatic heterocycles. The van der Waals surface area contributed by atoms with Crippen LogP contribution in [0.3, 0.4) is 0 Å². The van der Waals surface area contributed by atoms with Crippen molar-refractivity contribution in [1.29, 1.82) is 0 Å². The van der Waals surface area contributed by atoms with E-state index in [2.05, 4.69) is 5.32 Å². The smallest absolute Gasteiger partial charge is 0.223 e. The van der Waals surface area contributed by atoms with Crippen LogP contribution in [0.25, 0.3) is 0 Å². The first-order chi connectivity index (χ1) is 19.5. The number of carbonyl (C=O) groups excluding carboxylic acids is 1. The van der Waals surface area contributed by atoms with E-state index >= 15 is 0 Å². The maximum atomic E-state index is 12.3. The van der Waals surface area contributed by atoms with Crippen molar-refractivity contribution in [2.75, 3.05) is 13.2 Å². The Hall–Kier alpha value is -1.09. The van der Waals surface area contributed by atoms with Gasteiger partial charge in [-0.3, -0.25) is 4.79 Å². The lowest BCUT2D eigenvalue weighted by Crippen LogP contribution is -2.67. The van der Waals surface area contributed by atoms with Crippen LogP contribution in [0.4, 0.5) is 0 Å². The second kappa shape index (κ2) is 14.8. The Kier molecular flexibility index (Phi) is 12.5. The van der Waals surface area contributed by atoms with Gasteiger partial charge in [0.05, 0.1) is 43.0 Å². The quantitative estimate of drug-likeness (QED) is 0.101. The maximum absolute atomic E-state index is 12.3. The number of aliphatic hydroxyl groups excluding tert-OH is 6. The third-order valence-electron chi connectivity index (χ3n) is 7.55. The van der Waals surface area contributed by atoms with Gasteiger partial charge in [-0.25, -0.2) is 0 Å². The molecule has 3 rings (SSSR count). The molecule has 10 N–H and O–H groups in total. The summed E-state index contributed by atoms with van der Waals surface area (Å²) in [5.41, 5.74) is 4.18. The van der Waals surface area contributed by atoms with E-state index in [9.17, 15) is 40.5 Å². The van der Waals surface area contributed by atoms with Gasteiger partial charge in [0.25, 0.3) is 0 Å². The van der Waals surface area contributed by atoms with Crippen molar-refractivity contribution in [2.24, 2.45) is 5.73 Å². The molecule has 0 aromatic rings. The number of rotatable bonds is 11. The first kappa shape index (κ1) is 35.4. The highest BCUT2D eigenvalue weighted by Gasteiger charge is 2.52. The highest BCUT2D eigenvalue weighted by molar-refractivity contribution is 5.77. The van der Waals surface area contributed by atoms with Crippen molar-refractivity contribution in [2.45, 2.75) is 145 Å². The number of ether oxygens (including phenoxy) is 6. The van der Waals surface area contributed by atoms with Gasteiger partial charge < -0.3 is 75.2 Å². The normalized spacial score (nSPS) is 45.0. The Labute approximate surface area is 244 Å². The van der Waals surface area contributed by atoms with Crippen LogP contribution in [-0.4, -0.2) is 152 Å². The Morgan fingerprint density at radius 3 is 1.76 bits per heavy atom. The third-order valence-corrected chi connectivity index (χ3v) is 7.55. The van der Waals surface area contributed by atoms with Crippen LogP contribution >= 0.6 is 0 Å². The Morgan fingerprint density at radius 2 is 1.24 bits per heavy atom. The fourth-order valence-electron chi connectivity index (χ4n) is 5.13. The molecule has 1 amide bonds. The highest BCUT2D eigenvalue weighted by Crippen LogP contribution is 2.32. The van der Waals surface area contributed by atoms with Gasteiger partial charge in [-0.15, -0.1) is 0 Å². The van der Waals surface area contributed by atoms with Gasteiger partial charge in [0.2, 0.25) is 5.91 Å². The molecule has 16 nitrogen and oxygen atoms in total. The summed E-state index contributed by atoms with van der Waals surface area (Å²) in [7, 11) is 0. The molecule has 0 aliphatic carbocycles. The average molecular weight is 613 g/mol. The molecule has 3 heterocycles. The van der Waals surface area contributed by atoms with Crippen LogP contribution in [-0.2, 0) is 33.2 Å². The summed E-state index contributed by atoms with van der Waals surface area (Å²) in [5, 5.41) is 77.3. The minimum absolute atomic E-state index is 0.188. The van der Waals surface area contributed by atoms with Crippen molar-refractivity contribution in [1.82, 2.24) is 5.32 Å². The van der Waals surface area contributed by atoms with Crippen molar-refractivity contribution in [3.8, 4) is 0 Å². The van der Waals surface area contributed by atoms with E-state index in [-0.39, 0.29) is 13.0 Å². The molecule has 3 fully saturated rings. The largest absolute Gasteiger partial charge is 0.390 e. The molecule has 0 radical (unpaired) electrons. The topological polar surface area (TPSA) is 252 Å². The van der Waals surface area contributed by atoms with E-state index in [0.717, 1.165) is 0 Å². The molecule has 3 aliphatic heterocycles. The van der Waals surface area contributed by atoms with Crippen LogP contribution in [0.2, 0.25) is 0 Å². The SMILES string of the molecule is C[C@@H]1O[C@@H](O[C@@H]2[C@@H](O)[C@H](C)O[C@@H](OCCCN)[C@@H]2O)[C@H](O)[C@H](O[C@@H]2O[C@H](C)[C@@H](NC(=O)CC(C)(C)O)[C@H](O)[C@H]2O)[C@H]1O. The highest BCUT2D eigenvalue weighted by atomic mass is 16.7. The molecule has 0 saturated carbocycles. The predicted molar refractivity (Wildman–Crippen MR) is 141 cm³/mol. The standard InChI is InChI=1S/C26H48N2O14/c1-10-14(28-13(29)9-26(4,5)36)17(32)18(33)24(38-10)41-22-16(31)12(3)40-25(20(22)35)42-21-15(30)11(2)39-23(19(21)34)37-8-6-7-27/h10-12,14-25,30-36H,6-9,27H2,1-5H3,(H,28,29)/t10-,11+,12+,14-,15+,16+,17+,18-,19-,20-,21-,22-,23-,24+,25+/m1/s1. The molecule has 3 aliphatic rings. The first-order valence-electron chi connectivity index (χ1n) is 14.2. The number of aliphatic hydroxyl groups is 7. The summed E-state index contributed by atoms with van der Waals surface area (Å²) in [5.74, 6) is -0.573. The summed E-state index contributed by atoms with van der Waals surface area (Å²) in [4.78, 5) is 12.3. The molecule has 0 bridgehead atoms. The molecule has 16 heteroatoms. The summed E-state index contributed by atoms with van der Waals surface area (Å²) >= 11 is 0. The van der Waals surface area contributed by atoms with Crippen molar-refractivity contribution >= 4 is 5.91 Å². The van der Waals surface area contributed by atoms with Gasteiger partial charge in [-0.1, -0.05) is 0 Å².